The quantitative estimate of drug-likeness (QED) is 0.520. The van der Waals surface area contributed by atoms with Gasteiger partial charge in [0.2, 0.25) is 15.9 Å². The Morgan fingerprint density at radius 3 is 2.32 bits per heavy atom. The second kappa shape index (κ2) is 9.50. The highest BCUT2D eigenvalue weighted by Crippen LogP contribution is 2.31. The first-order chi connectivity index (χ1) is 16.2. The summed E-state index contributed by atoms with van der Waals surface area (Å²) in [5.41, 5.74) is -0.130. The summed E-state index contributed by atoms with van der Waals surface area (Å²) in [5, 5.41) is 11.1. The summed E-state index contributed by atoms with van der Waals surface area (Å²) in [5.74, 6) is -0.271. The molecule has 1 aromatic heterocycles. The number of carbonyl (C=O) groups excluding carboxylic acids is 1. The van der Waals surface area contributed by atoms with Crippen molar-refractivity contribution < 1.29 is 26.4 Å². The monoisotopic (exact) mass is 494 g/mol. The van der Waals surface area contributed by atoms with E-state index in [1.165, 1.54) is 15.9 Å². The van der Waals surface area contributed by atoms with Crippen molar-refractivity contribution in [2.45, 2.75) is 23.5 Å². The minimum atomic E-state index is -4.65. The lowest BCUT2D eigenvalue weighted by Crippen LogP contribution is -2.52. The molecule has 13 heteroatoms. The van der Waals surface area contributed by atoms with Crippen LogP contribution in [0.2, 0.25) is 0 Å². The molecule has 0 aliphatic carbocycles. The first-order valence-corrected chi connectivity index (χ1v) is 11.8. The highest BCUT2D eigenvalue weighted by Gasteiger charge is 2.36. The fourth-order valence-electron chi connectivity index (χ4n) is 3.78. The molecule has 1 fully saturated rings. The predicted octanol–water partition coefficient (Wildman–Crippen LogP) is 2.01. The van der Waals surface area contributed by atoms with Crippen LogP contribution < -0.4 is 0 Å². The first-order valence-electron chi connectivity index (χ1n) is 10.4. The van der Waals surface area contributed by atoms with Crippen LogP contribution in [0, 0.1) is 0 Å². The van der Waals surface area contributed by atoms with E-state index in [9.17, 15) is 26.4 Å². The van der Waals surface area contributed by atoms with Crippen LogP contribution >= 0.6 is 0 Å². The van der Waals surface area contributed by atoms with Crippen LogP contribution in [0.1, 0.15) is 17.2 Å². The number of piperazine rings is 1. The summed E-state index contributed by atoms with van der Waals surface area (Å²) in [6.45, 7) is 0.0881. The Morgan fingerprint density at radius 1 is 1.00 bits per heavy atom. The predicted molar refractivity (Wildman–Crippen MR) is 114 cm³/mol. The third-order valence-corrected chi connectivity index (χ3v) is 7.49. The van der Waals surface area contributed by atoms with E-state index in [1.54, 1.807) is 0 Å². The smallest absolute Gasteiger partial charge is 0.338 e. The van der Waals surface area contributed by atoms with E-state index >= 15 is 0 Å². The summed E-state index contributed by atoms with van der Waals surface area (Å²) < 4.78 is 67.4. The molecule has 1 amide bonds. The molecule has 180 valence electrons. The molecular weight excluding hydrogens is 473 g/mol. The molecular formula is C21H21F3N6O3S. The minimum absolute atomic E-state index is 0.0437. The number of nitrogens with zero attached hydrogens (tertiary/aromatic N) is 6. The molecule has 9 nitrogen and oxygen atoms in total. The van der Waals surface area contributed by atoms with Gasteiger partial charge >= 0.3 is 6.18 Å². The molecule has 1 atom stereocenters. The standard InChI is InChI=1S/C21H21F3N6O3S/c22-21(23,24)17-7-4-8-18(14-17)34(32,33)29-11-9-28(10-12-29)20(31)19(30-15-25-26-27-30)13-16-5-2-1-3-6-16/h1-8,14-15,19H,9-13H2. The maximum Gasteiger partial charge on any atom is 0.416 e. The molecule has 0 saturated carbocycles. The number of hydrogen-bond acceptors (Lipinski definition) is 6. The van der Waals surface area contributed by atoms with Crippen molar-refractivity contribution in [2.75, 3.05) is 26.2 Å². The van der Waals surface area contributed by atoms with Crippen molar-refractivity contribution in [1.82, 2.24) is 29.4 Å². The Kier molecular flexibility index (Phi) is 6.66. The number of sulfonamides is 1. The summed E-state index contributed by atoms with van der Waals surface area (Å²) in [7, 11) is -4.15. The van der Waals surface area contributed by atoms with Gasteiger partial charge in [0.15, 0.2) is 0 Å². The van der Waals surface area contributed by atoms with Gasteiger partial charge in [0, 0.05) is 32.6 Å². The van der Waals surface area contributed by atoms with Crippen molar-refractivity contribution in [3.63, 3.8) is 0 Å². The molecule has 2 heterocycles. The number of rotatable bonds is 6. The van der Waals surface area contributed by atoms with E-state index in [0.717, 1.165) is 28.1 Å². The molecule has 1 aliphatic heterocycles. The zero-order chi connectivity index (χ0) is 24.3. The molecule has 4 rings (SSSR count). The molecule has 1 saturated heterocycles. The summed E-state index contributed by atoms with van der Waals surface area (Å²) >= 11 is 0. The topological polar surface area (TPSA) is 101 Å². The molecule has 3 aromatic rings. The summed E-state index contributed by atoms with van der Waals surface area (Å²) in [4.78, 5) is 14.4. The molecule has 0 bridgehead atoms. The fraction of sp³-hybridized carbons (Fsp3) is 0.333. The third kappa shape index (κ3) is 5.09. The average Bonchev–Trinajstić information content (AvgIpc) is 3.37. The maximum absolute atomic E-state index is 13.3. The van der Waals surface area contributed by atoms with E-state index in [1.807, 2.05) is 30.3 Å². The lowest BCUT2D eigenvalue weighted by molar-refractivity contribution is -0.138. The lowest BCUT2D eigenvalue weighted by atomic mass is 10.0. The maximum atomic E-state index is 13.3. The molecule has 0 spiro atoms. The molecule has 34 heavy (non-hydrogen) atoms. The highest BCUT2D eigenvalue weighted by atomic mass is 32.2. The SMILES string of the molecule is O=C(C(Cc1ccccc1)n1cnnn1)N1CCN(S(=O)(=O)c2cccc(C(F)(F)F)c2)CC1. The van der Waals surface area contributed by atoms with Crippen molar-refractivity contribution >= 4 is 15.9 Å². The molecule has 2 aromatic carbocycles. The number of benzene rings is 2. The van der Waals surface area contributed by atoms with E-state index < -0.39 is 32.7 Å². The normalized spacial score (nSPS) is 16.4. The summed E-state index contributed by atoms with van der Waals surface area (Å²) in [6.07, 6.45) is -2.96. The lowest BCUT2D eigenvalue weighted by Gasteiger charge is -2.35. The largest absolute Gasteiger partial charge is 0.416 e. The van der Waals surface area contributed by atoms with Crippen molar-refractivity contribution in [1.29, 1.82) is 0 Å². The Morgan fingerprint density at radius 2 is 1.71 bits per heavy atom. The average molecular weight is 494 g/mol. The third-order valence-electron chi connectivity index (χ3n) is 5.59. The number of amides is 1. The number of tetrazole rings is 1. The van der Waals surface area contributed by atoms with Gasteiger partial charge in [-0.1, -0.05) is 36.4 Å². The molecule has 1 unspecified atom stereocenters. The Hall–Kier alpha value is -3.32. The number of hydrogen-bond donors (Lipinski definition) is 0. The molecule has 0 radical (unpaired) electrons. The Bertz CT molecular complexity index is 1230. The Labute approximate surface area is 193 Å². The summed E-state index contributed by atoms with van der Waals surface area (Å²) in [6, 6.07) is 12.3. The van der Waals surface area contributed by atoms with Gasteiger partial charge in [-0.25, -0.2) is 13.1 Å². The van der Waals surface area contributed by atoms with Crippen LogP contribution in [0.3, 0.4) is 0 Å². The van der Waals surface area contributed by atoms with Gasteiger partial charge in [-0.2, -0.15) is 17.5 Å². The van der Waals surface area contributed by atoms with Crippen LogP contribution in [0.4, 0.5) is 13.2 Å². The van der Waals surface area contributed by atoms with Crippen molar-refractivity contribution in [3.05, 3.63) is 72.1 Å². The van der Waals surface area contributed by atoms with Gasteiger partial charge in [-0.15, -0.1) is 5.10 Å². The Balaban J connectivity index is 1.47. The van der Waals surface area contributed by atoms with E-state index in [-0.39, 0.29) is 32.1 Å². The van der Waals surface area contributed by atoms with Crippen LogP contribution in [-0.4, -0.2) is 69.9 Å². The second-order valence-electron chi connectivity index (χ2n) is 7.75. The number of aromatic nitrogens is 4. The number of carbonyl (C=O) groups is 1. The van der Waals surface area contributed by atoms with Crippen molar-refractivity contribution in [3.8, 4) is 0 Å². The van der Waals surface area contributed by atoms with E-state index in [0.29, 0.717) is 12.5 Å². The van der Waals surface area contributed by atoms with Crippen LogP contribution in [-0.2, 0) is 27.4 Å². The zero-order valence-electron chi connectivity index (χ0n) is 17.8. The number of halogens is 3. The first kappa shape index (κ1) is 23.8. The zero-order valence-corrected chi connectivity index (χ0v) is 18.7. The van der Waals surface area contributed by atoms with E-state index in [2.05, 4.69) is 15.5 Å². The second-order valence-corrected chi connectivity index (χ2v) is 9.69. The molecule has 0 N–H and O–H groups in total. The van der Waals surface area contributed by atoms with Crippen LogP contribution in [0.5, 0.6) is 0 Å². The fourth-order valence-corrected chi connectivity index (χ4v) is 5.25. The van der Waals surface area contributed by atoms with Gasteiger partial charge in [0.25, 0.3) is 0 Å². The van der Waals surface area contributed by atoms with Crippen molar-refractivity contribution in [2.24, 2.45) is 0 Å². The van der Waals surface area contributed by atoms with E-state index in [4.69, 9.17) is 0 Å². The van der Waals surface area contributed by atoms with Gasteiger partial charge in [0.05, 0.1) is 10.5 Å². The van der Waals surface area contributed by atoms with Gasteiger partial charge < -0.3 is 4.90 Å². The van der Waals surface area contributed by atoms with Crippen LogP contribution in [0.25, 0.3) is 0 Å². The molecule has 1 aliphatic rings. The number of alkyl halides is 3. The van der Waals surface area contributed by atoms with Gasteiger partial charge in [-0.3, -0.25) is 4.79 Å². The van der Waals surface area contributed by atoms with Gasteiger partial charge in [0.1, 0.15) is 12.4 Å². The minimum Gasteiger partial charge on any atom is -0.338 e. The highest BCUT2D eigenvalue weighted by molar-refractivity contribution is 7.89. The van der Waals surface area contributed by atoms with Gasteiger partial charge in [-0.05, 0) is 34.2 Å². The van der Waals surface area contributed by atoms with Crippen LogP contribution in [0.15, 0.2) is 65.8 Å².